The third-order valence-electron chi connectivity index (χ3n) is 5.27. The molecular weight excluding hydrogens is 260 g/mol. The Bertz CT molecular complexity index is 333. The molecule has 0 spiro atoms. The van der Waals surface area contributed by atoms with Crippen molar-refractivity contribution in [2.75, 3.05) is 26.2 Å². The summed E-state index contributed by atoms with van der Waals surface area (Å²) in [7, 11) is 0. The minimum atomic E-state index is -0.439. The fourth-order valence-corrected chi connectivity index (χ4v) is 3.44. The van der Waals surface area contributed by atoms with Gasteiger partial charge >= 0.3 is 0 Å². The molecule has 0 aromatic heterocycles. The molecule has 0 aromatic rings. The summed E-state index contributed by atoms with van der Waals surface area (Å²) in [6.45, 7) is 10.9. The molecule has 0 radical (unpaired) electrons. The van der Waals surface area contributed by atoms with E-state index < -0.39 is 5.60 Å². The zero-order valence-corrected chi connectivity index (χ0v) is 14.2. The number of likely N-dealkylation sites (tertiary alicyclic amines) is 1. The van der Waals surface area contributed by atoms with E-state index in [1.54, 1.807) is 0 Å². The number of hydrogen-bond donors (Lipinski definition) is 2. The lowest BCUT2D eigenvalue weighted by atomic mass is 9.79. The van der Waals surface area contributed by atoms with Crippen LogP contribution in [-0.4, -0.2) is 47.8 Å². The molecule has 0 bridgehead atoms. The van der Waals surface area contributed by atoms with Crippen molar-refractivity contribution < 1.29 is 5.11 Å². The maximum Gasteiger partial charge on any atom is 0.0771 e. The summed E-state index contributed by atoms with van der Waals surface area (Å²) < 4.78 is 0. The van der Waals surface area contributed by atoms with Crippen LogP contribution in [-0.2, 0) is 0 Å². The Morgan fingerprint density at radius 1 is 1.19 bits per heavy atom. The first kappa shape index (κ1) is 17.0. The lowest BCUT2D eigenvalue weighted by molar-refractivity contribution is -0.00969. The van der Waals surface area contributed by atoms with Gasteiger partial charge in [0, 0.05) is 19.1 Å². The highest BCUT2D eigenvalue weighted by atomic mass is 16.3. The highest BCUT2D eigenvalue weighted by Crippen LogP contribution is 2.31. The van der Waals surface area contributed by atoms with E-state index in [2.05, 4.69) is 37.1 Å². The molecule has 0 aromatic carbocycles. The van der Waals surface area contributed by atoms with Gasteiger partial charge < -0.3 is 10.4 Å². The summed E-state index contributed by atoms with van der Waals surface area (Å²) in [4.78, 5) is 2.53. The second kappa shape index (κ2) is 7.75. The zero-order chi connectivity index (χ0) is 15.3. The first-order chi connectivity index (χ1) is 9.97. The predicted molar refractivity (Wildman–Crippen MR) is 89.5 cm³/mol. The maximum absolute atomic E-state index is 10.6. The Hall–Kier alpha value is -0.380. The van der Waals surface area contributed by atoms with Gasteiger partial charge in [0.15, 0.2) is 0 Å². The molecule has 3 nitrogen and oxygen atoms in total. The third-order valence-corrected chi connectivity index (χ3v) is 5.27. The highest BCUT2D eigenvalue weighted by Gasteiger charge is 2.32. The van der Waals surface area contributed by atoms with Gasteiger partial charge in [0.25, 0.3) is 0 Å². The normalized spacial score (nSPS) is 32.1. The topological polar surface area (TPSA) is 35.5 Å². The van der Waals surface area contributed by atoms with Gasteiger partial charge in [0.1, 0.15) is 0 Å². The van der Waals surface area contributed by atoms with Crippen LogP contribution in [0, 0.1) is 5.92 Å². The third kappa shape index (κ3) is 5.72. The van der Waals surface area contributed by atoms with Crippen molar-refractivity contribution in [3.63, 3.8) is 0 Å². The molecule has 0 atom stereocenters. The number of aliphatic hydroxyl groups is 1. The van der Waals surface area contributed by atoms with Crippen LogP contribution in [0.4, 0.5) is 0 Å². The van der Waals surface area contributed by atoms with E-state index in [4.69, 9.17) is 0 Å². The monoisotopic (exact) mass is 294 g/mol. The molecule has 1 aliphatic carbocycles. The molecule has 1 saturated heterocycles. The van der Waals surface area contributed by atoms with Crippen molar-refractivity contribution >= 4 is 0 Å². The summed E-state index contributed by atoms with van der Waals surface area (Å²) in [5.41, 5.74) is 0.968. The molecule has 3 heteroatoms. The van der Waals surface area contributed by atoms with Gasteiger partial charge in [0.2, 0.25) is 0 Å². The van der Waals surface area contributed by atoms with Gasteiger partial charge in [-0.05, 0) is 71.4 Å². The van der Waals surface area contributed by atoms with Gasteiger partial charge in [0.05, 0.1) is 5.60 Å². The quantitative estimate of drug-likeness (QED) is 0.765. The van der Waals surface area contributed by atoms with Gasteiger partial charge in [-0.25, -0.2) is 0 Å². The van der Waals surface area contributed by atoms with Gasteiger partial charge in [-0.2, -0.15) is 0 Å². The van der Waals surface area contributed by atoms with Crippen LogP contribution in [0.25, 0.3) is 0 Å². The van der Waals surface area contributed by atoms with Crippen molar-refractivity contribution in [2.24, 2.45) is 5.92 Å². The van der Waals surface area contributed by atoms with Crippen molar-refractivity contribution in [2.45, 2.75) is 70.9 Å². The van der Waals surface area contributed by atoms with Crippen LogP contribution in [0.1, 0.15) is 59.3 Å². The second-order valence-electron chi connectivity index (χ2n) is 7.64. The van der Waals surface area contributed by atoms with Gasteiger partial charge in [-0.15, -0.1) is 0 Å². The Morgan fingerprint density at radius 3 is 2.38 bits per heavy atom. The summed E-state index contributed by atoms with van der Waals surface area (Å²) in [5, 5.41) is 14.3. The lowest BCUT2D eigenvalue weighted by Crippen LogP contribution is -2.49. The van der Waals surface area contributed by atoms with Crippen LogP contribution in [0.15, 0.2) is 11.6 Å². The summed E-state index contributed by atoms with van der Waals surface area (Å²) in [6, 6.07) is 0.594. The Labute approximate surface area is 130 Å². The Morgan fingerprint density at radius 2 is 1.81 bits per heavy atom. The number of piperidine rings is 1. The second-order valence-corrected chi connectivity index (χ2v) is 7.64. The van der Waals surface area contributed by atoms with E-state index in [-0.39, 0.29) is 0 Å². The molecular formula is C18H34N2O. The molecule has 21 heavy (non-hydrogen) atoms. The highest BCUT2D eigenvalue weighted by molar-refractivity contribution is 4.96. The van der Waals surface area contributed by atoms with E-state index in [1.807, 2.05) is 0 Å². The molecule has 0 amide bonds. The molecule has 122 valence electrons. The molecule has 2 rings (SSSR count). The average Bonchev–Trinajstić information content (AvgIpc) is 2.48. The van der Waals surface area contributed by atoms with E-state index in [0.717, 1.165) is 31.8 Å². The number of nitrogens with zero attached hydrogens (tertiary/aromatic N) is 1. The van der Waals surface area contributed by atoms with Crippen molar-refractivity contribution in [3.8, 4) is 0 Å². The molecule has 1 saturated carbocycles. The number of nitrogens with one attached hydrogen (secondary N) is 1. The zero-order valence-electron chi connectivity index (χ0n) is 14.2. The fraction of sp³-hybridized carbons (Fsp3) is 0.889. The molecule has 2 fully saturated rings. The number of rotatable bonds is 5. The van der Waals surface area contributed by atoms with Crippen LogP contribution in [0.5, 0.6) is 0 Å². The van der Waals surface area contributed by atoms with Crippen LogP contribution in [0.2, 0.25) is 0 Å². The van der Waals surface area contributed by atoms with E-state index >= 15 is 0 Å². The minimum absolute atomic E-state index is 0.439. The van der Waals surface area contributed by atoms with E-state index in [0.29, 0.717) is 6.04 Å². The van der Waals surface area contributed by atoms with Crippen molar-refractivity contribution in [1.82, 2.24) is 10.2 Å². The maximum atomic E-state index is 10.6. The van der Waals surface area contributed by atoms with Crippen LogP contribution < -0.4 is 5.32 Å². The molecule has 1 aliphatic heterocycles. The largest absolute Gasteiger partial charge is 0.389 e. The standard InChI is InChI=1S/C18H34N2O/c1-15(2)6-11-20-12-7-17(8-13-20)19-14-18(21)9-4-16(3)5-10-18/h6,16-17,19,21H,4-5,7-14H2,1-3H3. The lowest BCUT2D eigenvalue weighted by Gasteiger charge is -2.38. The average molecular weight is 294 g/mol. The molecule has 2 aliphatic rings. The van der Waals surface area contributed by atoms with Crippen molar-refractivity contribution in [1.29, 1.82) is 0 Å². The van der Waals surface area contributed by atoms with Gasteiger partial charge in [-0.3, -0.25) is 4.90 Å². The SMILES string of the molecule is CC(C)=CCN1CCC(NCC2(O)CCC(C)CC2)CC1. The van der Waals surface area contributed by atoms with Crippen LogP contribution in [0.3, 0.4) is 0 Å². The first-order valence-electron chi connectivity index (χ1n) is 8.78. The minimum Gasteiger partial charge on any atom is -0.389 e. The van der Waals surface area contributed by atoms with Crippen molar-refractivity contribution in [3.05, 3.63) is 11.6 Å². The molecule has 2 N–H and O–H groups in total. The van der Waals surface area contributed by atoms with Crippen LogP contribution >= 0.6 is 0 Å². The smallest absolute Gasteiger partial charge is 0.0771 e. The predicted octanol–water partition coefficient (Wildman–Crippen LogP) is 2.95. The summed E-state index contributed by atoms with van der Waals surface area (Å²) >= 11 is 0. The molecule has 1 heterocycles. The Balaban J connectivity index is 1.66. The fourth-order valence-electron chi connectivity index (χ4n) is 3.44. The summed E-state index contributed by atoms with van der Waals surface area (Å²) in [5.74, 6) is 0.795. The number of hydrogen-bond acceptors (Lipinski definition) is 3. The van der Waals surface area contributed by atoms with E-state index in [9.17, 15) is 5.11 Å². The molecule has 0 unspecified atom stereocenters. The summed E-state index contributed by atoms with van der Waals surface area (Å²) in [6.07, 6.45) is 9.05. The van der Waals surface area contributed by atoms with E-state index in [1.165, 1.54) is 44.3 Å². The number of allylic oxidation sites excluding steroid dienone is 1. The Kier molecular flexibility index (Phi) is 6.27. The van der Waals surface area contributed by atoms with Gasteiger partial charge in [-0.1, -0.05) is 18.6 Å². The first-order valence-corrected chi connectivity index (χ1v) is 8.78.